The molecule has 5 heteroatoms. The van der Waals surface area contributed by atoms with Crippen LogP contribution in [-0.4, -0.2) is 59.1 Å². The van der Waals surface area contributed by atoms with Gasteiger partial charge in [-0.1, -0.05) is 0 Å². The van der Waals surface area contributed by atoms with Gasteiger partial charge in [0.05, 0.1) is 0 Å². The number of nitrogens with one attached hydrogen (secondary N) is 1. The molecule has 2 aliphatic rings. The zero-order valence-electron chi connectivity index (χ0n) is 11.1. The zero-order valence-corrected chi connectivity index (χ0v) is 11.1. The van der Waals surface area contributed by atoms with Gasteiger partial charge in [-0.3, -0.25) is 0 Å². The Hall–Kier alpha value is -0.650. The molecule has 0 radical (unpaired) electrons. The van der Waals surface area contributed by atoms with E-state index in [1.807, 2.05) is 20.8 Å². The first kappa shape index (κ1) is 12.8. The van der Waals surface area contributed by atoms with Crippen LogP contribution in [0.25, 0.3) is 0 Å². The van der Waals surface area contributed by atoms with Crippen molar-refractivity contribution in [3.8, 4) is 0 Å². The first-order chi connectivity index (χ1) is 7.65. The minimum absolute atomic E-state index is 0.199. The number of amides is 1. The van der Waals surface area contributed by atoms with E-state index in [9.17, 15) is 9.90 Å². The van der Waals surface area contributed by atoms with Gasteiger partial charge in [0.1, 0.15) is 24.7 Å². The summed E-state index contributed by atoms with van der Waals surface area (Å²) in [5.74, 6) is 0. The van der Waals surface area contributed by atoms with E-state index in [1.54, 1.807) is 6.92 Å². The number of carbonyl (C=O) groups excluding carboxylic acids is 1. The zero-order chi connectivity index (χ0) is 12.9. The number of hydrogen-bond acceptors (Lipinski definition) is 4. The van der Waals surface area contributed by atoms with Crippen LogP contribution in [0.3, 0.4) is 0 Å². The van der Waals surface area contributed by atoms with Gasteiger partial charge >= 0.3 is 6.09 Å². The number of aliphatic hydroxyl groups is 1. The fraction of sp³-hybridized carbons (Fsp3) is 0.917. The van der Waals surface area contributed by atoms with Crippen molar-refractivity contribution in [3.63, 3.8) is 0 Å². The summed E-state index contributed by atoms with van der Waals surface area (Å²) in [6.07, 6.45) is -0.199. The number of likely N-dealkylation sites (tertiary alicyclic amines) is 1. The Morgan fingerprint density at radius 2 is 1.94 bits per heavy atom. The van der Waals surface area contributed by atoms with Gasteiger partial charge < -0.3 is 15.2 Å². The van der Waals surface area contributed by atoms with Crippen LogP contribution in [0.1, 0.15) is 27.7 Å². The molecule has 0 bridgehead atoms. The predicted octanol–water partition coefficient (Wildman–Crippen LogP) is 0.475. The molecule has 0 spiro atoms. The molecule has 98 valence electrons. The van der Waals surface area contributed by atoms with E-state index in [0.29, 0.717) is 13.1 Å². The van der Waals surface area contributed by atoms with Crippen LogP contribution in [-0.2, 0) is 4.74 Å². The summed E-state index contributed by atoms with van der Waals surface area (Å²) in [5.41, 5.74) is -1.20. The molecule has 2 heterocycles. The third kappa shape index (κ3) is 2.32. The smallest absolute Gasteiger partial charge is 0.414 e. The molecule has 1 amide bonds. The summed E-state index contributed by atoms with van der Waals surface area (Å²) < 4.78 is 5.76. The maximum absolute atomic E-state index is 12.3. The molecule has 0 aromatic carbocycles. The van der Waals surface area contributed by atoms with Crippen molar-refractivity contribution in [1.82, 2.24) is 5.32 Å². The average Bonchev–Trinajstić information content (AvgIpc) is 1.92. The Morgan fingerprint density at radius 1 is 1.41 bits per heavy atom. The van der Waals surface area contributed by atoms with Crippen LogP contribution in [0.2, 0.25) is 0 Å². The van der Waals surface area contributed by atoms with Gasteiger partial charge in [0, 0.05) is 13.1 Å². The molecule has 2 aliphatic heterocycles. The van der Waals surface area contributed by atoms with E-state index in [2.05, 4.69) is 5.32 Å². The highest BCUT2D eigenvalue weighted by Crippen LogP contribution is 2.36. The molecule has 2 fully saturated rings. The quantitative estimate of drug-likeness (QED) is 0.658. The number of quaternary nitrogens is 1. The van der Waals surface area contributed by atoms with Crippen molar-refractivity contribution < 1.29 is 19.1 Å². The van der Waals surface area contributed by atoms with E-state index in [1.165, 1.54) is 0 Å². The lowest BCUT2D eigenvalue weighted by Crippen LogP contribution is -2.83. The highest BCUT2D eigenvalue weighted by Gasteiger charge is 2.63. The molecule has 17 heavy (non-hydrogen) atoms. The molecule has 0 atom stereocenters. The van der Waals surface area contributed by atoms with Crippen molar-refractivity contribution in [2.75, 3.05) is 26.2 Å². The SMILES string of the molecule is CC1(O)C[N+](C(=O)OC(C)(C)C)(C2CNC2)C1. The number of ether oxygens (including phenoxy) is 1. The van der Waals surface area contributed by atoms with Gasteiger partial charge in [-0.2, -0.15) is 4.79 Å². The van der Waals surface area contributed by atoms with Gasteiger partial charge in [0.15, 0.2) is 5.60 Å². The highest BCUT2D eigenvalue weighted by atomic mass is 16.6. The second-order valence-corrected chi connectivity index (χ2v) is 6.64. The van der Waals surface area contributed by atoms with Gasteiger partial charge in [0.2, 0.25) is 0 Å². The maximum atomic E-state index is 12.3. The molecule has 0 unspecified atom stereocenters. The maximum Gasteiger partial charge on any atom is 0.517 e. The topological polar surface area (TPSA) is 58.6 Å². The van der Waals surface area contributed by atoms with Crippen molar-refractivity contribution in [3.05, 3.63) is 0 Å². The van der Waals surface area contributed by atoms with E-state index in [0.717, 1.165) is 13.1 Å². The number of carbonyl (C=O) groups is 1. The molecule has 0 aromatic heterocycles. The molecule has 2 saturated heterocycles. The molecule has 5 nitrogen and oxygen atoms in total. The summed E-state index contributed by atoms with van der Waals surface area (Å²) in [7, 11) is 0. The summed E-state index contributed by atoms with van der Waals surface area (Å²) in [4.78, 5) is 12.3. The third-order valence-corrected chi connectivity index (χ3v) is 3.46. The molecule has 0 aromatic rings. The lowest BCUT2D eigenvalue weighted by atomic mass is 9.88. The summed E-state index contributed by atoms with van der Waals surface area (Å²) in [6.45, 7) is 9.99. The van der Waals surface area contributed by atoms with Crippen molar-refractivity contribution >= 4 is 6.09 Å². The summed E-state index contributed by atoms with van der Waals surface area (Å²) >= 11 is 0. The Morgan fingerprint density at radius 3 is 2.24 bits per heavy atom. The molecule has 0 aliphatic carbocycles. The Kier molecular flexibility index (Phi) is 2.76. The number of hydrogen-bond donors (Lipinski definition) is 2. The van der Waals surface area contributed by atoms with Crippen molar-refractivity contribution in [1.29, 1.82) is 0 Å². The Bertz CT molecular complexity index is 321. The molecular formula is C12H23N2O3+. The summed E-state index contributed by atoms with van der Waals surface area (Å²) in [6, 6.07) is 0.255. The van der Waals surface area contributed by atoms with Gasteiger partial charge in [-0.05, 0) is 27.7 Å². The number of nitrogens with zero attached hydrogens (tertiary/aromatic N) is 1. The fourth-order valence-corrected chi connectivity index (χ4v) is 2.68. The lowest BCUT2D eigenvalue weighted by molar-refractivity contribution is -0.941. The van der Waals surface area contributed by atoms with E-state index >= 15 is 0 Å². The van der Waals surface area contributed by atoms with Crippen LogP contribution < -0.4 is 5.32 Å². The standard InChI is InChI=1S/C12H23N2O3/c1-11(2,3)17-10(15)14(9-5-13-6-9)7-12(4,16)8-14/h9,13,16H,5-8H2,1-4H3/q+1. The molecular weight excluding hydrogens is 220 g/mol. The van der Waals surface area contributed by atoms with Crippen LogP contribution in [0.4, 0.5) is 4.79 Å². The minimum atomic E-state index is -0.730. The van der Waals surface area contributed by atoms with Gasteiger partial charge in [-0.15, -0.1) is 0 Å². The largest absolute Gasteiger partial charge is 0.517 e. The Labute approximate surface area is 102 Å². The monoisotopic (exact) mass is 243 g/mol. The highest BCUT2D eigenvalue weighted by molar-refractivity contribution is 5.61. The predicted molar refractivity (Wildman–Crippen MR) is 63.5 cm³/mol. The van der Waals surface area contributed by atoms with E-state index < -0.39 is 11.2 Å². The molecule has 2 rings (SSSR count). The second kappa shape index (κ2) is 3.67. The van der Waals surface area contributed by atoms with Crippen LogP contribution in [0.15, 0.2) is 0 Å². The Balaban J connectivity index is 2.10. The first-order valence-corrected chi connectivity index (χ1v) is 6.18. The van der Waals surface area contributed by atoms with Gasteiger partial charge in [0.25, 0.3) is 0 Å². The van der Waals surface area contributed by atoms with E-state index in [4.69, 9.17) is 4.74 Å². The first-order valence-electron chi connectivity index (χ1n) is 6.18. The molecule has 0 saturated carbocycles. The van der Waals surface area contributed by atoms with Crippen LogP contribution >= 0.6 is 0 Å². The minimum Gasteiger partial charge on any atom is -0.414 e. The van der Waals surface area contributed by atoms with E-state index in [-0.39, 0.29) is 16.6 Å². The second-order valence-electron chi connectivity index (χ2n) is 6.64. The lowest BCUT2D eigenvalue weighted by Gasteiger charge is -2.56. The third-order valence-electron chi connectivity index (χ3n) is 3.46. The van der Waals surface area contributed by atoms with Crippen molar-refractivity contribution in [2.24, 2.45) is 0 Å². The summed E-state index contributed by atoms with van der Waals surface area (Å²) in [5, 5.41) is 13.1. The fourth-order valence-electron chi connectivity index (χ4n) is 2.68. The van der Waals surface area contributed by atoms with Crippen LogP contribution in [0, 0.1) is 0 Å². The molecule has 2 N–H and O–H groups in total. The number of rotatable bonds is 1. The van der Waals surface area contributed by atoms with Crippen LogP contribution in [0.5, 0.6) is 0 Å². The normalized spacial score (nSPS) is 38.2. The van der Waals surface area contributed by atoms with Gasteiger partial charge in [-0.25, -0.2) is 4.48 Å². The average molecular weight is 243 g/mol. The van der Waals surface area contributed by atoms with Crippen molar-refractivity contribution in [2.45, 2.75) is 44.9 Å².